The minimum Gasteiger partial charge on any atom is -0.460 e. The lowest BCUT2D eigenvalue weighted by Crippen LogP contribution is -2.26. The maximum Gasteiger partial charge on any atom is 0.320 e. The zero-order valence-electron chi connectivity index (χ0n) is 9.19. The van der Waals surface area contributed by atoms with Crippen molar-refractivity contribution in [3.05, 3.63) is 35.9 Å². The first-order valence-corrected chi connectivity index (χ1v) is 5.34. The van der Waals surface area contributed by atoms with Crippen LogP contribution in [0.15, 0.2) is 30.3 Å². The van der Waals surface area contributed by atoms with E-state index >= 15 is 0 Å². The van der Waals surface area contributed by atoms with Gasteiger partial charge in [-0.3, -0.25) is 4.79 Å². The zero-order valence-corrected chi connectivity index (χ0v) is 9.19. The van der Waals surface area contributed by atoms with E-state index in [1.807, 2.05) is 30.3 Å². The lowest BCUT2D eigenvalue weighted by Gasteiger charge is -2.05. The Kier molecular flexibility index (Phi) is 6.22. The largest absolute Gasteiger partial charge is 0.460 e. The van der Waals surface area contributed by atoms with Gasteiger partial charge in [-0.1, -0.05) is 30.3 Å². The maximum atomic E-state index is 11.2. The van der Waals surface area contributed by atoms with E-state index in [4.69, 9.17) is 9.84 Å². The van der Waals surface area contributed by atoms with Crippen LogP contribution in [0, 0.1) is 0 Å². The number of aliphatic hydroxyl groups excluding tert-OH is 1. The molecule has 16 heavy (non-hydrogen) atoms. The lowest BCUT2D eigenvalue weighted by atomic mass is 10.2. The fourth-order valence-electron chi connectivity index (χ4n) is 1.18. The molecule has 0 aliphatic heterocycles. The SMILES string of the molecule is O=C(CNCCCO)OCc1ccccc1. The Morgan fingerprint density at radius 3 is 2.75 bits per heavy atom. The molecule has 0 saturated carbocycles. The Hall–Kier alpha value is -1.39. The molecule has 1 aromatic rings. The number of esters is 1. The molecule has 0 spiro atoms. The lowest BCUT2D eigenvalue weighted by molar-refractivity contribution is -0.143. The van der Waals surface area contributed by atoms with E-state index in [1.54, 1.807) is 0 Å². The Bertz CT molecular complexity index is 300. The second-order valence-electron chi connectivity index (χ2n) is 3.40. The average Bonchev–Trinajstić information content (AvgIpc) is 2.33. The predicted molar refractivity (Wildman–Crippen MR) is 60.8 cm³/mol. The molecular weight excluding hydrogens is 206 g/mol. The highest BCUT2D eigenvalue weighted by Gasteiger charge is 2.01. The van der Waals surface area contributed by atoms with Crippen LogP contribution in [0.2, 0.25) is 0 Å². The van der Waals surface area contributed by atoms with Gasteiger partial charge in [0.2, 0.25) is 0 Å². The molecule has 0 amide bonds. The van der Waals surface area contributed by atoms with Gasteiger partial charge in [-0.15, -0.1) is 0 Å². The first-order valence-electron chi connectivity index (χ1n) is 5.34. The van der Waals surface area contributed by atoms with Crippen LogP contribution < -0.4 is 5.32 Å². The minimum atomic E-state index is -0.276. The van der Waals surface area contributed by atoms with E-state index in [0.717, 1.165) is 5.56 Å². The Morgan fingerprint density at radius 1 is 1.31 bits per heavy atom. The zero-order chi connectivity index (χ0) is 11.6. The number of benzene rings is 1. The van der Waals surface area contributed by atoms with Crippen LogP contribution in [0.25, 0.3) is 0 Å². The van der Waals surface area contributed by atoms with E-state index < -0.39 is 0 Å². The second kappa shape index (κ2) is 7.84. The number of hydrogen-bond acceptors (Lipinski definition) is 4. The summed E-state index contributed by atoms with van der Waals surface area (Å²) >= 11 is 0. The van der Waals surface area contributed by atoms with Gasteiger partial charge in [0.1, 0.15) is 6.61 Å². The highest BCUT2D eigenvalue weighted by atomic mass is 16.5. The number of ether oxygens (including phenoxy) is 1. The molecule has 1 aromatic carbocycles. The van der Waals surface area contributed by atoms with Crippen molar-refractivity contribution in [2.24, 2.45) is 0 Å². The quantitative estimate of drug-likeness (QED) is 0.528. The van der Waals surface area contributed by atoms with Crippen molar-refractivity contribution in [2.75, 3.05) is 19.7 Å². The summed E-state index contributed by atoms with van der Waals surface area (Å²) in [5.41, 5.74) is 0.978. The van der Waals surface area contributed by atoms with Crippen LogP contribution >= 0.6 is 0 Å². The molecular formula is C12H17NO3. The number of rotatable bonds is 7. The fourth-order valence-corrected chi connectivity index (χ4v) is 1.18. The summed E-state index contributed by atoms with van der Waals surface area (Å²) in [6.07, 6.45) is 0.645. The van der Waals surface area contributed by atoms with E-state index in [-0.39, 0.29) is 19.1 Å². The van der Waals surface area contributed by atoms with Crippen LogP contribution in [0.4, 0.5) is 0 Å². The summed E-state index contributed by atoms with van der Waals surface area (Å²) in [5, 5.41) is 11.4. The second-order valence-corrected chi connectivity index (χ2v) is 3.40. The Labute approximate surface area is 95.2 Å². The molecule has 0 aromatic heterocycles. The van der Waals surface area contributed by atoms with Gasteiger partial charge in [0, 0.05) is 6.61 Å². The van der Waals surface area contributed by atoms with Gasteiger partial charge in [-0.05, 0) is 18.5 Å². The van der Waals surface area contributed by atoms with Crippen molar-refractivity contribution in [3.63, 3.8) is 0 Å². The Balaban J connectivity index is 2.11. The molecule has 0 atom stereocenters. The maximum absolute atomic E-state index is 11.2. The average molecular weight is 223 g/mol. The standard InChI is InChI=1S/C12H17NO3/c14-8-4-7-13-9-12(15)16-10-11-5-2-1-3-6-11/h1-3,5-6,13-14H,4,7-10H2. The van der Waals surface area contributed by atoms with Crippen LogP contribution in [-0.2, 0) is 16.1 Å². The highest BCUT2D eigenvalue weighted by molar-refractivity contribution is 5.71. The molecule has 0 aliphatic carbocycles. The number of carbonyl (C=O) groups excluding carboxylic acids is 1. The number of carbonyl (C=O) groups is 1. The number of nitrogens with one attached hydrogen (secondary N) is 1. The number of aliphatic hydroxyl groups is 1. The van der Waals surface area contributed by atoms with Crippen molar-refractivity contribution in [1.82, 2.24) is 5.32 Å². The van der Waals surface area contributed by atoms with E-state index in [9.17, 15) is 4.79 Å². The molecule has 0 unspecified atom stereocenters. The van der Waals surface area contributed by atoms with Crippen LogP contribution in [0.1, 0.15) is 12.0 Å². The van der Waals surface area contributed by atoms with Crippen LogP contribution in [-0.4, -0.2) is 30.8 Å². The molecule has 0 heterocycles. The first kappa shape index (κ1) is 12.7. The molecule has 0 fully saturated rings. The fraction of sp³-hybridized carbons (Fsp3) is 0.417. The molecule has 0 radical (unpaired) electrons. The monoisotopic (exact) mass is 223 g/mol. The van der Waals surface area contributed by atoms with Gasteiger partial charge in [0.05, 0.1) is 6.54 Å². The summed E-state index contributed by atoms with van der Waals surface area (Å²) in [6.45, 7) is 1.25. The third kappa shape index (κ3) is 5.48. The van der Waals surface area contributed by atoms with Crippen molar-refractivity contribution >= 4 is 5.97 Å². The summed E-state index contributed by atoms with van der Waals surface area (Å²) < 4.78 is 5.04. The molecule has 4 nitrogen and oxygen atoms in total. The predicted octanol–water partition coefficient (Wildman–Crippen LogP) is 0.702. The molecule has 2 N–H and O–H groups in total. The minimum absolute atomic E-state index is 0.131. The topological polar surface area (TPSA) is 58.6 Å². The van der Waals surface area contributed by atoms with Gasteiger partial charge in [-0.2, -0.15) is 0 Å². The number of hydrogen-bond donors (Lipinski definition) is 2. The first-order chi connectivity index (χ1) is 7.83. The van der Waals surface area contributed by atoms with E-state index in [0.29, 0.717) is 19.6 Å². The molecule has 1 rings (SSSR count). The van der Waals surface area contributed by atoms with Gasteiger partial charge in [0.15, 0.2) is 0 Å². The molecule has 0 bridgehead atoms. The Morgan fingerprint density at radius 2 is 2.06 bits per heavy atom. The summed E-state index contributed by atoms with van der Waals surface area (Å²) in [6, 6.07) is 9.55. The van der Waals surface area contributed by atoms with Crippen molar-refractivity contribution in [3.8, 4) is 0 Å². The van der Waals surface area contributed by atoms with E-state index in [2.05, 4.69) is 5.32 Å². The normalized spacial score (nSPS) is 10.1. The molecule has 0 aliphatic rings. The van der Waals surface area contributed by atoms with Crippen molar-refractivity contribution in [1.29, 1.82) is 0 Å². The van der Waals surface area contributed by atoms with Gasteiger partial charge >= 0.3 is 5.97 Å². The van der Waals surface area contributed by atoms with Crippen LogP contribution in [0.3, 0.4) is 0 Å². The summed E-state index contributed by atoms with van der Waals surface area (Å²) in [7, 11) is 0. The highest BCUT2D eigenvalue weighted by Crippen LogP contribution is 2.00. The third-order valence-corrected chi connectivity index (χ3v) is 2.02. The smallest absolute Gasteiger partial charge is 0.320 e. The summed E-state index contributed by atoms with van der Waals surface area (Å²) in [5.74, 6) is -0.276. The van der Waals surface area contributed by atoms with Crippen molar-refractivity contribution in [2.45, 2.75) is 13.0 Å². The molecule has 4 heteroatoms. The molecule has 0 saturated heterocycles. The third-order valence-electron chi connectivity index (χ3n) is 2.02. The van der Waals surface area contributed by atoms with Crippen LogP contribution in [0.5, 0.6) is 0 Å². The van der Waals surface area contributed by atoms with Gasteiger partial charge in [-0.25, -0.2) is 0 Å². The van der Waals surface area contributed by atoms with Crippen molar-refractivity contribution < 1.29 is 14.6 Å². The van der Waals surface area contributed by atoms with Gasteiger partial charge < -0.3 is 15.2 Å². The summed E-state index contributed by atoms with van der Waals surface area (Å²) in [4.78, 5) is 11.2. The molecule has 88 valence electrons. The van der Waals surface area contributed by atoms with Gasteiger partial charge in [0.25, 0.3) is 0 Å². The van der Waals surface area contributed by atoms with E-state index in [1.165, 1.54) is 0 Å².